The van der Waals surface area contributed by atoms with E-state index in [1.165, 1.54) is 0 Å². The first-order chi connectivity index (χ1) is 10.2. The van der Waals surface area contributed by atoms with Gasteiger partial charge < -0.3 is 15.0 Å². The summed E-state index contributed by atoms with van der Waals surface area (Å²) in [4.78, 5) is 11.3. The maximum atomic E-state index is 5.67. The molecule has 7 nitrogen and oxygen atoms in total. The molecule has 2 aromatic rings. The van der Waals surface area contributed by atoms with Crippen molar-refractivity contribution in [2.45, 2.75) is 38.8 Å². The Hall–Kier alpha value is -1.89. The molecule has 1 fully saturated rings. The molecule has 0 aliphatic carbocycles. The first-order valence-corrected chi connectivity index (χ1v) is 7.50. The van der Waals surface area contributed by atoms with Gasteiger partial charge in [0, 0.05) is 20.2 Å². The van der Waals surface area contributed by atoms with E-state index in [0.29, 0.717) is 12.0 Å². The molecule has 3 heterocycles. The Morgan fingerprint density at radius 1 is 1.48 bits per heavy atom. The number of likely N-dealkylation sites (N-methyl/N-ethyl adjacent to an activating group) is 1. The summed E-state index contributed by atoms with van der Waals surface area (Å²) in [5.41, 5.74) is 0.761. The van der Waals surface area contributed by atoms with Crippen LogP contribution in [0.25, 0.3) is 11.0 Å². The van der Waals surface area contributed by atoms with Gasteiger partial charge in [-0.1, -0.05) is 6.92 Å². The van der Waals surface area contributed by atoms with E-state index >= 15 is 0 Å². The molecule has 1 aliphatic heterocycles. The number of hydrogen-bond acceptors (Lipinski definition) is 6. The molecule has 0 radical (unpaired) electrons. The van der Waals surface area contributed by atoms with Crippen LogP contribution in [0.4, 0.5) is 11.8 Å². The van der Waals surface area contributed by atoms with E-state index in [4.69, 9.17) is 4.74 Å². The molecular formula is C14H22N6O. The molecule has 3 rings (SSSR count). The van der Waals surface area contributed by atoms with E-state index < -0.39 is 0 Å². The second-order valence-electron chi connectivity index (χ2n) is 5.47. The SMILES string of the molecule is CCCNc1nc(N(C)C2CCOC2C)c2cn[nH]c2n1. The van der Waals surface area contributed by atoms with Gasteiger partial charge in [0.15, 0.2) is 5.65 Å². The number of ether oxygens (including phenoxy) is 1. The molecule has 2 aromatic heterocycles. The van der Waals surface area contributed by atoms with Crippen molar-refractivity contribution < 1.29 is 4.74 Å². The number of fused-ring (bicyclic) bond motifs is 1. The van der Waals surface area contributed by atoms with E-state index in [1.807, 2.05) is 0 Å². The van der Waals surface area contributed by atoms with Gasteiger partial charge in [-0.15, -0.1) is 0 Å². The zero-order chi connectivity index (χ0) is 14.8. The lowest BCUT2D eigenvalue weighted by atomic mass is 10.1. The van der Waals surface area contributed by atoms with Crippen LogP contribution in [0.3, 0.4) is 0 Å². The van der Waals surface area contributed by atoms with Crippen LogP contribution >= 0.6 is 0 Å². The first-order valence-electron chi connectivity index (χ1n) is 7.50. The van der Waals surface area contributed by atoms with Gasteiger partial charge in [0.05, 0.1) is 23.7 Å². The number of H-pyrrole nitrogens is 1. The fraction of sp³-hybridized carbons (Fsp3) is 0.643. The number of nitrogens with zero attached hydrogens (tertiary/aromatic N) is 4. The fourth-order valence-electron chi connectivity index (χ4n) is 2.79. The third-order valence-corrected chi connectivity index (χ3v) is 3.99. The summed E-state index contributed by atoms with van der Waals surface area (Å²) in [6.07, 6.45) is 4.03. The van der Waals surface area contributed by atoms with Crippen molar-refractivity contribution in [3.05, 3.63) is 6.20 Å². The zero-order valence-electron chi connectivity index (χ0n) is 12.8. The number of anilines is 2. The van der Waals surface area contributed by atoms with Crippen LogP contribution in [0, 0.1) is 0 Å². The second-order valence-corrected chi connectivity index (χ2v) is 5.47. The summed E-state index contributed by atoms with van der Waals surface area (Å²) in [5, 5.41) is 11.2. The lowest BCUT2D eigenvalue weighted by molar-refractivity contribution is 0.118. The van der Waals surface area contributed by atoms with E-state index in [2.05, 4.69) is 51.3 Å². The highest BCUT2D eigenvalue weighted by atomic mass is 16.5. The number of aromatic nitrogens is 4. The standard InChI is InChI=1S/C14H22N6O/c1-4-6-15-14-17-12-10(8-16-19-12)13(18-14)20(3)11-5-7-21-9(11)2/h8-9,11H,4-7H2,1-3H3,(H2,15,16,17,18,19). The maximum Gasteiger partial charge on any atom is 0.226 e. The maximum absolute atomic E-state index is 5.67. The lowest BCUT2D eigenvalue weighted by Gasteiger charge is -2.28. The van der Waals surface area contributed by atoms with Crippen molar-refractivity contribution in [3.8, 4) is 0 Å². The van der Waals surface area contributed by atoms with Gasteiger partial charge in [-0.2, -0.15) is 15.1 Å². The van der Waals surface area contributed by atoms with Crippen molar-refractivity contribution in [2.24, 2.45) is 0 Å². The lowest BCUT2D eigenvalue weighted by Crippen LogP contribution is -2.37. The van der Waals surface area contributed by atoms with Crippen molar-refractivity contribution in [3.63, 3.8) is 0 Å². The summed E-state index contributed by atoms with van der Waals surface area (Å²) in [6, 6.07) is 0.331. The number of aromatic amines is 1. The molecule has 0 bridgehead atoms. The van der Waals surface area contributed by atoms with Crippen molar-refractivity contribution in [1.29, 1.82) is 0 Å². The quantitative estimate of drug-likeness (QED) is 0.874. The van der Waals surface area contributed by atoms with Gasteiger partial charge >= 0.3 is 0 Å². The highest BCUT2D eigenvalue weighted by Gasteiger charge is 2.30. The van der Waals surface area contributed by atoms with E-state index in [0.717, 1.165) is 42.8 Å². The number of nitrogens with one attached hydrogen (secondary N) is 2. The van der Waals surface area contributed by atoms with Crippen LogP contribution in [0.15, 0.2) is 6.20 Å². The topological polar surface area (TPSA) is 79.0 Å². The normalized spacial score (nSPS) is 21.9. The van der Waals surface area contributed by atoms with Crippen LogP contribution < -0.4 is 10.2 Å². The summed E-state index contributed by atoms with van der Waals surface area (Å²) < 4.78 is 5.67. The average molecular weight is 290 g/mol. The minimum absolute atomic E-state index is 0.207. The molecule has 0 spiro atoms. The molecule has 2 N–H and O–H groups in total. The number of rotatable bonds is 5. The Bertz CT molecular complexity index is 613. The van der Waals surface area contributed by atoms with Crippen LogP contribution in [-0.4, -0.2) is 52.5 Å². The summed E-state index contributed by atoms with van der Waals surface area (Å²) in [5.74, 6) is 1.54. The highest BCUT2D eigenvalue weighted by molar-refractivity contribution is 5.87. The van der Waals surface area contributed by atoms with Crippen LogP contribution in [0.2, 0.25) is 0 Å². The Morgan fingerprint density at radius 2 is 2.33 bits per heavy atom. The van der Waals surface area contributed by atoms with Gasteiger partial charge in [0.25, 0.3) is 0 Å². The molecule has 1 aliphatic rings. The predicted octanol–water partition coefficient (Wildman–Crippen LogP) is 1.79. The molecule has 114 valence electrons. The van der Waals surface area contributed by atoms with Crippen LogP contribution in [0.1, 0.15) is 26.7 Å². The third-order valence-electron chi connectivity index (χ3n) is 3.99. The Kier molecular flexibility index (Phi) is 3.92. The smallest absolute Gasteiger partial charge is 0.226 e. The molecular weight excluding hydrogens is 268 g/mol. The molecule has 21 heavy (non-hydrogen) atoms. The summed E-state index contributed by atoms with van der Waals surface area (Å²) in [6.45, 7) is 5.88. The summed E-state index contributed by atoms with van der Waals surface area (Å²) in [7, 11) is 2.06. The van der Waals surface area contributed by atoms with E-state index in [1.54, 1.807) is 6.20 Å². The minimum atomic E-state index is 0.207. The minimum Gasteiger partial charge on any atom is -0.376 e. The van der Waals surface area contributed by atoms with E-state index in [-0.39, 0.29) is 6.10 Å². The largest absolute Gasteiger partial charge is 0.376 e. The molecule has 1 saturated heterocycles. The molecule has 0 saturated carbocycles. The van der Waals surface area contributed by atoms with Crippen LogP contribution in [0.5, 0.6) is 0 Å². The van der Waals surface area contributed by atoms with Gasteiger partial charge in [0.1, 0.15) is 5.82 Å². The molecule has 0 amide bonds. The van der Waals surface area contributed by atoms with Crippen molar-refractivity contribution >= 4 is 22.8 Å². The zero-order valence-corrected chi connectivity index (χ0v) is 12.8. The van der Waals surface area contributed by atoms with Crippen molar-refractivity contribution in [1.82, 2.24) is 20.2 Å². The second kappa shape index (κ2) is 5.85. The van der Waals surface area contributed by atoms with Crippen molar-refractivity contribution in [2.75, 3.05) is 30.4 Å². The van der Waals surface area contributed by atoms with Gasteiger partial charge in [-0.3, -0.25) is 5.10 Å². The fourth-order valence-corrected chi connectivity index (χ4v) is 2.79. The van der Waals surface area contributed by atoms with Gasteiger partial charge in [-0.05, 0) is 19.8 Å². The Balaban J connectivity index is 1.97. The molecule has 2 unspecified atom stereocenters. The summed E-state index contributed by atoms with van der Waals surface area (Å²) >= 11 is 0. The third kappa shape index (κ3) is 2.65. The van der Waals surface area contributed by atoms with Gasteiger partial charge in [0.2, 0.25) is 5.95 Å². The number of hydrogen-bond donors (Lipinski definition) is 2. The Labute approximate surface area is 124 Å². The predicted molar refractivity (Wildman–Crippen MR) is 82.7 cm³/mol. The average Bonchev–Trinajstić information content (AvgIpc) is 3.11. The van der Waals surface area contributed by atoms with Gasteiger partial charge in [-0.25, -0.2) is 0 Å². The van der Waals surface area contributed by atoms with Crippen LogP contribution in [-0.2, 0) is 4.74 Å². The Morgan fingerprint density at radius 3 is 3.05 bits per heavy atom. The van der Waals surface area contributed by atoms with E-state index in [9.17, 15) is 0 Å². The molecule has 7 heteroatoms. The monoisotopic (exact) mass is 290 g/mol. The molecule has 2 atom stereocenters. The molecule has 0 aromatic carbocycles. The first kappa shape index (κ1) is 14.1. The highest BCUT2D eigenvalue weighted by Crippen LogP contribution is 2.28.